The van der Waals surface area contributed by atoms with Crippen molar-refractivity contribution in [1.29, 1.82) is 0 Å². The minimum absolute atomic E-state index is 0.202. The van der Waals surface area contributed by atoms with E-state index in [4.69, 9.17) is 5.73 Å². The quantitative estimate of drug-likeness (QED) is 0.486. The van der Waals surface area contributed by atoms with Crippen LogP contribution in [-0.4, -0.2) is 18.2 Å². The molecule has 76 valence electrons. The average Bonchev–Trinajstić information content (AvgIpc) is 2.66. The highest BCUT2D eigenvalue weighted by Crippen LogP contribution is 2.26. The van der Waals surface area contributed by atoms with Crippen molar-refractivity contribution in [2.45, 2.75) is 12.8 Å². The molecule has 3 nitrogen and oxygen atoms in total. The van der Waals surface area contributed by atoms with E-state index in [1.807, 2.05) is 12.1 Å². The minimum atomic E-state index is 0.202. The van der Waals surface area contributed by atoms with Crippen molar-refractivity contribution in [3.63, 3.8) is 0 Å². The molecule has 1 heterocycles. The van der Waals surface area contributed by atoms with E-state index in [1.165, 1.54) is 6.42 Å². The summed E-state index contributed by atoms with van der Waals surface area (Å²) in [5.41, 5.74) is 7.40. The van der Waals surface area contributed by atoms with Gasteiger partial charge in [0, 0.05) is 0 Å². The van der Waals surface area contributed by atoms with Crippen LogP contribution in [0.15, 0.2) is 18.2 Å². The van der Waals surface area contributed by atoms with Gasteiger partial charge in [-0.15, -0.1) is 0 Å². The molecule has 1 saturated heterocycles. The summed E-state index contributed by atoms with van der Waals surface area (Å²) in [4.78, 5) is 0. The Labute approximate surface area is 83.9 Å². The number of phenols is 1. The number of hydrogen-bond donors (Lipinski definition) is 3. The standard InChI is InChI=1S/C11H16N2O/c12-11-9(2-1-3-10(11)14)6-8-4-5-13-7-8/h1-3,8,13-14H,4-7,12H2. The van der Waals surface area contributed by atoms with Gasteiger partial charge in [-0.2, -0.15) is 0 Å². The third-order valence-corrected chi connectivity index (χ3v) is 2.84. The van der Waals surface area contributed by atoms with Gasteiger partial charge in [0.05, 0.1) is 5.69 Å². The van der Waals surface area contributed by atoms with Gasteiger partial charge in [-0.3, -0.25) is 0 Å². The number of para-hydroxylation sites is 1. The van der Waals surface area contributed by atoms with Gasteiger partial charge in [0.15, 0.2) is 0 Å². The number of nitrogens with two attached hydrogens (primary N) is 1. The summed E-state index contributed by atoms with van der Waals surface area (Å²) in [6, 6.07) is 5.47. The number of anilines is 1. The van der Waals surface area contributed by atoms with Crippen molar-refractivity contribution >= 4 is 5.69 Å². The van der Waals surface area contributed by atoms with Gasteiger partial charge in [-0.1, -0.05) is 12.1 Å². The largest absolute Gasteiger partial charge is 0.506 e. The Morgan fingerprint density at radius 3 is 3.07 bits per heavy atom. The first-order valence-corrected chi connectivity index (χ1v) is 5.04. The summed E-state index contributed by atoms with van der Waals surface area (Å²) < 4.78 is 0. The summed E-state index contributed by atoms with van der Waals surface area (Å²) >= 11 is 0. The molecule has 1 atom stereocenters. The molecule has 2 rings (SSSR count). The van der Waals surface area contributed by atoms with E-state index in [2.05, 4.69) is 5.32 Å². The Balaban J connectivity index is 2.11. The van der Waals surface area contributed by atoms with E-state index in [-0.39, 0.29) is 5.75 Å². The van der Waals surface area contributed by atoms with Crippen molar-refractivity contribution in [3.05, 3.63) is 23.8 Å². The number of hydrogen-bond acceptors (Lipinski definition) is 3. The Hall–Kier alpha value is -1.22. The molecule has 1 aliphatic rings. The van der Waals surface area contributed by atoms with Gasteiger partial charge in [0.2, 0.25) is 0 Å². The van der Waals surface area contributed by atoms with Crippen LogP contribution < -0.4 is 11.1 Å². The van der Waals surface area contributed by atoms with Crippen LogP contribution in [0.4, 0.5) is 5.69 Å². The average molecular weight is 192 g/mol. The van der Waals surface area contributed by atoms with Crippen LogP contribution in [-0.2, 0) is 6.42 Å². The predicted molar refractivity (Wildman–Crippen MR) is 57.2 cm³/mol. The summed E-state index contributed by atoms with van der Waals surface area (Å²) in [7, 11) is 0. The van der Waals surface area contributed by atoms with Crippen LogP contribution in [0.25, 0.3) is 0 Å². The Morgan fingerprint density at radius 1 is 1.50 bits per heavy atom. The molecule has 0 saturated carbocycles. The van der Waals surface area contributed by atoms with Gasteiger partial charge < -0.3 is 16.2 Å². The van der Waals surface area contributed by atoms with Gasteiger partial charge in [-0.05, 0) is 43.5 Å². The Bertz CT molecular complexity index is 319. The number of nitrogens with one attached hydrogen (secondary N) is 1. The van der Waals surface area contributed by atoms with Crippen molar-refractivity contribution < 1.29 is 5.11 Å². The first kappa shape index (κ1) is 9.34. The minimum Gasteiger partial charge on any atom is -0.506 e. The van der Waals surface area contributed by atoms with Crippen LogP contribution in [0.5, 0.6) is 5.75 Å². The summed E-state index contributed by atoms with van der Waals surface area (Å²) in [5.74, 6) is 0.868. The number of phenolic OH excluding ortho intramolecular Hbond substituents is 1. The fourth-order valence-electron chi connectivity index (χ4n) is 1.98. The van der Waals surface area contributed by atoms with Crippen molar-refractivity contribution in [3.8, 4) is 5.75 Å². The summed E-state index contributed by atoms with van der Waals surface area (Å²) in [6.45, 7) is 2.17. The Morgan fingerprint density at radius 2 is 2.36 bits per heavy atom. The maximum Gasteiger partial charge on any atom is 0.138 e. The summed E-state index contributed by atoms with van der Waals surface area (Å²) in [5, 5.41) is 12.8. The second-order valence-electron chi connectivity index (χ2n) is 3.91. The van der Waals surface area contributed by atoms with Crippen LogP contribution in [0.2, 0.25) is 0 Å². The second kappa shape index (κ2) is 3.88. The smallest absolute Gasteiger partial charge is 0.138 e. The molecule has 4 N–H and O–H groups in total. The molecule has 0 aromatic heterocycles. The molecular weight excluding hydrogens is 176 g/mol. The number of rotatable bonds is 2. The first-order chi connectivity index (χ1) is 6.77. The van der Waals surface area contributed by atoms with Crippen molar-refractivity contribution in [2.75, 3.05) is 18.8 Å². The normalized spacial score (nSPS) is 21.3. The van der Waals surface area contributed by atoms with E-state index in [1.54, 1.807) is 6.07 Å². The number of nitrogen functional groups attached to an aromatic ring is 1. The predicted octanol–water partition coefficient (Wildman–Crippen LogP) is 1.13. The molecular formula is C11H16N2O. The second-order valence-corrected chi connectivity index (χ2v) is 3.91. The maximum absolute atomic E-state index is 9.43. The van der Waals surface area contributed by atoms with E-state index in [0.717, 1.165) is 25.1 Å². The molecule has 0 bridgehead atoms. The van der Waals surface area contributed by atoms with Crippen LogP contribution >= 0.6 is 0 Å². The third-order valence-electron chi connectivity index (χ3n) is 2.84. The van der Waals surface area contributed by atoms with Gasteiger partial charge >= 0.3 is 0 Å². The maximum atomic E-state index is 9.43. The van der Waals surface area contributed by atoms with E-state index < -0.39 is 0 Å². The van der Waals surface area contributed by atoms with Crippen LogP contribution in [0, 0.1) is 5.92 Å². The lowest BCUT2D eigenvalue weighted by atomic mass is 9.97. The summed E-state index contributed by atoms with van der Waals surface area (Å²) in [6.07, 6.45) is 2.17. The van der Waals surface area contributed by atoms with Crippen LogP contribution in [0.3, 0.4) is 0 Å². The zero-order chi connectivity index (χ0) is 9.97. The van der Waals surface area contributed by atoms with Crippen molar-refractivity contribution in [2.24, 2.45) is 5.92 Å². The third kappa shape index (κ3) is 1.82. The lowest BCUT2D eigenvalue weighted by molar-refractivity contribution is 0.476. The highest BCUT2D eigenvalue weighted by molar-refractivity contribution is 5.57. The molecule has 0 radical (unpaired) electrons. The van der Waals surface area contributed by atoms with E-state index >= 15 is 0 Å². The molecule has 0 spiro atoms. The lowest BCUT2D eigenvalue weighted by Gasteiger charge is -2.11. The monoisotopic (exact) mass is 192 g/mol. The molecule has 1 aromatic rings. The van der Waals surface area contributed by atoms with Crippen molar-refractivity contribution in [1.82, 2.24) is 5.32 Å². The molecule has 1 unspecified atom stereocenters. The molecule has 0 aliphatic carbocycles. The van der Waals surface area contributed by atoms with E-state index in [9.17, 15) is 5.11 Å². The molecule has 1 fully saturated rings. The lowest BCUT2D eigenvalue weighted by Crippen LogP contribution is -2.11. The number of aromatic hydroxyl groups is 1. The molecule has 0 amide bonds. The fourth-order valence-corrected chi connectivity index (χ4v) is 1.98. The zero-order valence-corrected chi connectivity index (χ0v) is 8.16. The first-order valence-electron chi connectivity index (χ1n) is 5.04. The van der Waals surface area contributed by atoms with Gasteiger partial charge in [-0.25, -0.2) is 0 Å². The van der Waals surface area contributed by atoms with Gasteiger partial charge in [0.25, 0.3) is 0 Å². The van der Waals surface area contributed by atoms with E-state index in [0.29, 0.717) is 11.6 Å². The molecule has 14 heavy (non-hydrogen) atoms. The molecule has 3 heteroatoms. The van der Waals surface area contributed by atoms with Gasteiger partial charge in [0.1, 0.15) is 5.75 Å². The SMILES string of the molecule is Nc1c(O)cccc1CC1CCNC1. The molecule has 1 aromatic carbocycles. The number of benzene rings is 1. The highest BCUT2D eigenvalue weighted by Gasteiger charge is 2.16. The van der Waals surface area contributed by atoms with Crippen LogP contribution in [0.1, 0.15) is 12.0 Å². The fraction of sp³-hybridized carbons (Fsp3) is 0.455. The highest BCUT2D eigenvalue weighted by atomic mass is 16.3. The Kier molecular flexibility index (Phi) is 2.59. The molecule has 1 aliphatic heterocycles. The topological polar surface area (TPSA) is 58.3 Å². The zero-order valence-electron chi connectivity index (χ0n) is 8.16.